The molecule has 1 saturated carbocycles. The number of amides is 1. The number of carbonyl (C=O) groups is 1. The highest BCUT2D eigenvalue weighted by Gasteiger charge is 2.26. The Hall–Kier alpha value is -2.59. The van der Waals surface area contributed by atoms with Crippen molar-refractivity contribution in [1.29, 1.82) is 0 Å². The first-order valence-electron chi connectivity index (χ1n) is 9.30. The fraction of sp³-hybridized carbons (Fsp3) is 0.368. The van der Waals surface area contributed by atoms with Gasteiger partial charge in [0.15, 0.2) is 9.84 Å². The van der Waals surface area contributed by atoms with E-state index in [1.54, 1.807) is 20.0 Å². The second-order valence-electron chi connectivity index (χ2n) is 6.92. The average Bonchev–Trinajstić information content (AvgIpc) is 3.23. The monoisotopic (exact) mass is 432 g/mol. The van der Waals surface area contributed by atoms with Gasteiger partial charge in [-0.25, -0.2) is 8.42 Å². The number of nitrogens with one attached hydrogen (secondary N) is 1. The largest absolute Gasteiger partial charge is 0.340 e. The number of pyridine rings is 1. The van der Waals surface area contributed by atoms with Crippen LogP contribution >= 0.6 is 11.3 Å². The topological polar surface area (TPSA) is 115 Å². The van der Waals surface area contributed by atoms with E-state index in [0.29, 0.717) is 16.6 Å². The lowest BCUT2D eigenvalue weighted by atomic mass is 10.2. The molecule has 1 fully saturated rings. The number of thiophene rings is 1. The maximum absolute atomic E-state index is 12.5. The molecule has 1 N–H and O–H groups in total. The maximum Gasteiger partial charge on any atom is 0.262 e. The molecule has 29 heavy (non-hydrogen) atoms. The van der Waals surface area contributed by atoms with Gasteiger partial charge in [0.1, 0.15) is 10.3 Å². The number of hydrogen-bond donors (Lipinski definition) is 1. The minimum absolute atomic E-state index is 0.00674. The van der Waals surface area contributed by atoms with Gasteiger partial charge in [0.25, 0.3) is 5.91 Å². The Morgan fingerprint density at radius 2 is 2.14 bits per heavy atom. The lowest BCUT2D eigenvalue weighted by Crippen LogP contribution is -2.26. The Morgan fingerprint density at radius 3 is 2.86 bits per heavy atom. The molecule has 0 radical (unpaired) electrons. The summed E-state index contributed by atoms with van der Waals surface area (Å²) in [5, 5.41) is 6.78. The van der Waals surface area contributed by atoms with Crippen LogP contribution in [0.5, 0.6) is 0 Å². The number of nitrogens with zero attached hydrogens (tertiary/aromatic N) is 3. The molecule has 8 nitrogen and oxygen atoms in total. The van der Waals surface area contributed by atoms with E-state index in [1.807, 2.05) is 12.1 Å². The second kappa shape index (κ2) is 7.68. The van der Waals surface area contributed by atoms with Crippen LogP contribution in [0.3, 0.4) is 0 Å². The highest BCUT2D eigenvalue weighted by molar-refractivity contribution is 7.93. The fourth-order valence-electron chi connectivity index (χ4n) is 2.80. The number of hydrogen-bond acceptors (Lipinski definition) is 8. The van der Waals surface area contributed by atoms with Crippen LogP contribution in [0.2, 0.25) is 0 Å². The number of rotatable bonds is 7. The summed E-state index contributed by atoms with van der Waals surface area (Å²) < 4.78 is 29.4. The van der Waals surface area contributed by atoms with Crippen molar-refractivity contribution >= 4 is 27.1 Å². The summed E-state index contributed by atoms with van der Waals surface area (Å²) in [6.07, 6.45) is 4.05. The van der Waals surface area contributed by atoms with Gasteiger partial charge < -0.3 is 9.84 Å². The van der Waals surface area contributed by atoms with E-state index in [9.17, 15) is 13.2 Å². The molecular formula is C19H20N4O4S2. The average molecular weight is 433 g/mol. The number of sulfone groups is 1. The predicted molar refractivity (Wildman–Crippen MR) is 107 cm³/mol. The Balaban J connectivity index is 1.46. The lowest BCUT2D eigenvalue weighted by Gasteiger charge is -2.08. The van der Waals surface area contributed by atoms with Crippen molar-refractivity contribution in [3.05, 3.63) is 46.9 Å². The number of aromatic nitrogens is 3. The zero-order chi connectivity index (χ0) is 20.6. The minimum Gasteiger partial charge on any atom is -0.340 e. The van der Waals surface area contributed by atoms with Crippen LogP contribution in [0.1, 0.15) is 59.9 Å². The Kier molecular flexibility index (Phi) is 5.22. The highest BCUT2D eigenvalue weighted by atomic mass is 32.2. The van der Waals surface area contributed by atoms with Crippen LogP contribution in [0, 0.1) is 0 Å². The molecule has 3 heterocycles. The van der Waals surface area contributed by atoms with E-state index in [2.05, 4.69) is 20.4 Å². The summed E-state index contributed by atoms with van der Waals surface area (Å²) in [6, 6.07) is 6.23. The van der Waals surface area contributed by atoms with Crippen LogP contribution < -0.4 is 5.32 Å². The predicted octanol–water partition coefficient (Wildman–Crippen LogP) is 3.36. The van der Waals surface area contributed by atoms with E-state index in [1.165, 1.54) is 12.1 Å². The van der Waals surface area contributed by atoms with E-state index >= 15 is 0 Å². The quantitative estimate of drug-likeness (QED) is 0.609. The smallest absolute Gasteiger partial charge is 0.262 e. The first kappa shape index (κ1) is 19.7. The molecule has 0 spiro atoms. The summed E-state index contributed by atoms with van der Waals surface area (Å²) in [7, 11) is -3.33. The van der Waals surface area contributed by atoms with Gasteiger partial charge in [0, 0.05) is 23.4 Å². The molecule has 1 aliphatic rings. The molecule has 0 saturated heterocycles. The zero-order valence-electron chi connectivity index (χ0n) is 16.0. The molecule has 1 atom stereocenters. The second-order valence-corrected chi connectivity index (χ2v) is 10.5. The first-order valence-corrected chi connectivity index (χ1v) is 11.8. The molecule has 4 rings (SSSR count). The van der Waals surface area contributed by atoms with Crippen molar-refractivity contribution in [1.82, 2.24) is 20.4 Å². The lowest BCUT2D eigenvalue weighted by molar-refractivity contribution is 0.0936. The maximum atomic E-state index is 12.5. The molecule has 10 heteroatoms. The normalized spacial score (nSPS) is 15.2. The van der Waals surface area contributed by atoms with Gasteiger partial charge in [-0.05, 0) is 44.0 Å². The third kappa shape index (κ3) is 4.23. The van der Waals surface area contributed by atoms with E-state index < -0.39 is 15.9 Å². The molecule has 0 aromatic carbocycles. The van der Waals surface area contributed by atoms with Crippen molar-refractivity contribution in [3.8, 4) is 11.4 Å². The minimum atomic E-state index is -3.33. The summed E-state index contributed by atoms with van der Waals surface area (Å²) in [6.45, 7) is 3.30. The van der Waals surface area contributed by atoms with Gasteiger partial charge in [0.2, 0.25) is 11.7 Å². The van der Waals surface area contributed by atoms with Crippen LogP contribution in [0.15, 0.2) is 39.2 Å². The van der Waals surface area contributed by atoms with Gasteiger partial charge in [-0.3, -0.25) is 9.78 Å². The van der Waals surface area contributed by atoms with Crippen LogP contribution in [-0.4, -0.2) is 35.2 Å². The molecule has 0 unspecified atom stereocenters. The summed E-state index contributed by atoms with van der Waals surface area (Å²) in [5.74, 6) is 0.841. The molecule has 1 amide bonds. The zero-order valence-corrected chi connectivity index (χ0v) is 17.6. The van der Waals surface area contributed by atoms with Crippen LogP contribution in [-0.2, 0) is 9.84 Å². The fourth-order valence-corrected chi connectivity index (χ4v) is 5.13. The Labute approximate surface area is 172 Å². The Morgan fingerprint density at radius 1 is 1.34 bits per heavy atom. The van der Waals surface area contributed by atoms with Crippen LogP contribution in [0.25, 0.3) is 11.4 Å². The SMILES string of the molecule is CCS(=O)(=O)c1ccc(C(=O)N[C@@H](C)c2nc(-c3ccnc(C4CC4)c3)no2)s1. The molecule has 0 aliphatic heterocycles. The molecule has 3 aromatic heterocycles. The standard InChI is InChI=1S/C19H20N4O4S2/c1-3-29(25,26)16-7-6-15(28-16)18(24)21-11(2)19-22-17(23-27-19)13-8-9-20-14(10-13)12-4-5-12/h6-12H,3-5H2,1-2H3,(H,21,24)/t11-/m0/s1. The van der Waals surface area contributed by atoms with E-state index in [4.69, 9.17) is 4.52 Å². The summed E-state index contributed by atoms with van der Waals surface area (Å²) in [5.41, 5.74) is 1.86. The van der Waals surface area contributed by atoms with Crippen molar-refractivity contribution in [3.63, 3.8) is 0 Å². The summed E-state index contributed by atoms with van der Waals surface area (Å²) in [4.78, 5) is 21.6. The van der Waals surface area contributed by atoms with Gasteiger partial charge in [0.05, 0.1) is 10.6 Å². The van der Waals surface area contributed by atoms with Gasteiger partial charge >= 0.3 is 0 Å². The molecule has 0 bridgehead atoms. The van der Waals surface area contributed by atoms with E-state index in [-0.39, 0.29) is 21.8 Å². The van der Waals surface area contributed by atoms with Crippen molar-refractivity contribution in [2.45, 2.75) is 42.9 Å². The van der Waals surface area contributed by atoms with Crippen LogP contribution in [0.4, 0.5) is 0 Å². The molecule has 3 aromatic rings. The van der Waals surface area contributed by atoms with E-state index in [0.717, 1.165) is 35.4 Å². The summed E-state index contributed by atoms with van der Waals surface area (Å²) >= 11 is 0.948. The van der Waals surface area contributed by atoms with Crippen molar-refractivity contribution < 1.29 is 17.7 Å². The highest BCUT2D eigenvalue weighted by Crippen LogP contribution is 2.39. The molecular weight excluding hydrogens is 412 g/mol. The molecule has 1 aliphatic carbocycles. The van der Waals surface area contributed by atoms with Crippen molar-refractivity contribution in [2.24, 2.45) is 0 Å². The molecule has 152 valence electrons. The van der Waals surface area contributed by atoms with Gasteiger partial charge in [-0.15, -0.1) is 11.3 Å². The van der Waals surface area contributed by atoms with Gasteiger partial charge in [-0.1, -0.05) is 12.1 Å². The van der Waals surface area contributed by atoms with Gasteiger partial charge in [-0.2, -0.15) is 4.98 Å². The third-order valence-corrected chi connectivity index (χ3v) is 8.09. The van der Waals surface area contributed by atoms with Crippen molar-refractivity contribution in [2.75, 3.05) is 5.75 Å². The number of carbonyl (C=O) groups excluding carboxylic acids is 1. The Bertz CT molecular complexity index is 1150. The first-order chi connectivity index (χ1) is 13.9. The third-order valence-electron chi connectivity index (χ3n) is 4.69.